The van der Waals surface area contributed by atoms with Gasteiger partial charge in [0.05, 0.1) is 18.1 Å². The molecule has 0 saturated heterocycles. The second-order valence-electron chi connectivity index (χ2n) is 5.45. The Morgan fingerprint density at radius 3 is 2.54 bits per heavy atom. The van der Waals surface area contributed by atoms with Crippen LogP contribution in [0.3, 0.4) is 0 Å². The van der Waals surface area contributed by atoms with Crippen LogP contribution in [0.1, 0.15) is 16.1 Å². The number of rotatable bonds is 4. The summed E-state index contributed by atoms with van der Waals surface area (Å²) in [4.78, 5) is 20.2. The molecule has 2 aromatic carbocycles. The van der Waals surface area contributed by atoms with E-state index in [0.29, 0.717) is 16.9 Å². The van der Waals surface area contributed by atoms with Crippen LogP contribution in [0.25, 0.3) is 0 Å². The molecule has 3 rings (SSSR count). The van der Waals surface area contributed by atoms with Crippen LogP contribution < -0.4 is 10.6 Å². The van der Waals surface area contributed by atoms with Crippen LogP contribution in [-0.4, -0.2) is 15.9 Å². The second kappa shape index (κ2) is 7.45. The van der Waals surface area contributed by atoms with E-state index in [1.54, 1.807) is 6.07 Å². The van der Waals surface area contributed by atoms with Crippen LogP contribution in [-0.2, 0) is 0 Å². The Morgan fingerprint density at radius 2 is 1.88 bits per heavy atom. The predicted octanol–water partition coefficient (Wildman–Crippen LogP) is 4.71. The number of hydrogen-bond acceptors (Lipinski definition) is 4. The molecule has 0 radical (unpaired) electrons. The molecule has 0 unspecified atom stereocenters. The number of carbonyl (C=O) groups excluding carboxylic acids is 1. The van der Waals surface area contributed by atoms with Gasteiger partial charge in [0.2, 0.25) is 0 Å². The van der Waals surface area contributed by atoms with Gasteiger partial charge in [-0.1, -0.05) is 17.7 Å². The topological polar surface area (TPSA) is 66.9 Å². The largest absolute Gasteiger partial charge is 0.339 e. The molecule has 26 heavy (non-hydrogen) atoms. The minimum atomic E-state index is -0.874. The lowest BCUT2D eigenvalue weighted by Gasteiger charge is -2.08. The fourth-order valence-corrected chi connectivity index (χ4v) is 2.29. The highest BCUT2D eigenvalue weighted by Gasteiger charge is 2.12. The fourth-order valence-electron chi connectivity index (χ4n) is 2.11. The molecule has 0 aliphatic heterocycles. The summed E-state index contributed by atoms with van der Waals surface area (Å²) in [7, 11) is 0. The maximum atomic E-state index is 13.6. The van der Waals surface area contributed by atoms with Crippen molar-refractivity contribution in [2.24, 2.45) is 0 Å². The van der Waals surface area contributed by atoms with Crippen molar-refractivity contribution in [3.05, 3.63) is 76.7 Å². The van der Waals surface area contributed by atoms with E-state index in [9.17, 15) is 13.6 Å². The van der Waals surface area contributed by atoms with E-state index in [0.717, 1.165) is 23.4 Å². The molecule has 1 heterocycles. The van der Waals surface area contributed by atoms with Gasteiger partial charge in [-0.15, -0.1) is 0 Å². The number of aryl methyl sites for hydroxylation is 1. The molecule has 1 aromatic heterocycles. The maximum Gasteiger partial charge on any atom is 0.275 e. The van der Waals surface area contributed by atoms with Crippen molar-refractivity contribution in [1.29, 1.82) is 0 Å². The van der Waals surface area contributed by atoms with Gasteiger partial charge in [-0.2, -0.15) is 0 Å². The molecule has 132 valence electrons. The van der Waals surface area contributed by atoms with Gasteiger partial charge in [0.25, 0.3) is 5.91 Å². The molecule has 2 N–H and O–H groups in total. The number of benzene rings is 2. The van der Waals surface area contributed by atoms with E-state index in [-0.39, 0.29) is 11.4 Å². The number of hydrogen-bond donors (Lipinski definition) is 2. The zero-order valence-corrected chi connectivity index (χ0v) is 14.3. The van der Waals surface area contributed by atoms with Crippen molar-refractivity contribution in [3.63, 3.8) is 0 Å². The number of amides is 1. The smallest absolute Gasteiger partial charge is 0.275 e. The summed E-state index contributed by atoms with van der Waals surface area (Å²) in [6.45, 7) is 1.89. The lowest BCUT2D eigenvalue weighted by atomic mass is 10.2. The summed E-state index contributed by atoms with van der Waals surface area (Å²) >= 11 is 6.06. The Labute approximate surface area is 153 Å². The summed E-state index contributed by atoms with van der Waals surface area (Å²) in [5.41, 5.74) is 1.51. The normalized spacial score (nSPS) is 10.5. The molecular weight excluding hydrogens is 362 g/mol. The van der Waals surface area contributed by atoms with Crippen LogP contribution in [0.5, 0.6) is 0 Å². The Hall–Kier alpha value is -3.06. The van der Waals surface area contributed by atoms with E-state index in [1.165, 1.54) is 12.4 Å². The number of anilines is 3. The summed E-state index contributed by atoms with van der Waals surface area (Å²) in [5, 5.41) is 5.94. The summed E-state index contributed by atoms with van der Waals surface area (Å²) < 4.78 is 26.5. The van der Waals surface area contributed by atoms with Gasteiger partial charge in [-0.3, -0.25) is 4.79 Å². The Bertz CT molecular complexity index is 964. The molecule has 0 fully saturated rings. The third-order valence-electron chi connectivity index (χ3n) is 3.51. The Morgan fingerprint density at radius 1 is 1.08 bits per heavy atom. The standard InChI is InChI=1S/C18H13ClF2N4O/c1-10-2-4-12(7-13(10)19)24-17-9-22-16(8-23-17)18(26)25-15-5-3-11(20)6-14(15)21/h2-9H,1H3,(H,23,24)(H,25,26). The average Bonchev–Trinajstić information content (AvgIpc) is 2.61. The lowest BCUT2D eigenvalue weighted by molar-refractivity contribution is 0.102. The molecule has 0 atom stereocenters. The number of halogens is 3. The highest BCUT2D eigenvalue weighted by Crippen LogP contribution is 2.22. The second-order valence-corrected chi connectivity index (χ2v) is 5.86. The van der Waals surface area contributed by atoms with Gasteiger partial charge in [-0.25, -0.2) is 18.7 Å². The van der Waals surface area contributed by atoms with Crippen LogP contribution >= 0.6 is 11.6 Å². The van der Waals surface area contributed by atoms with E-state index in [4.69, 9.17) is 11.6 Å². The molecule has 3 aromatic rings. The molecule has 0 bridgehead atoms. The number of nitrogens with one attached hydrogen (secondary N) is 2. The minimum Gasteiger partial charge on any atom is -0.339 e. The Kier molecular flexibility index (Phi) is 5.09. The Balaban J connectivity index is 1.70. The van der Waals surface area contributed by atoms with Crippen molar-refractivity contribution in [2.45, 2.75) is 6.92 Å². The van der Waals surface area contributed by atoms with Crippen molar-refractivity contribution in [3.8, 4) is 0 Å². The van der Waals surface area contributed by atoms with Crippen LogP contribution in [0.15, 0.2) is 48.8 Å². The van der Waals surface area contributed by atoms with Gasteiger partial charge in [-0.05, 0) is 36.8 Å². The maximum absolute atomic E-state index is 13.6. The summed E-state index contributed by atoms with van der Waals surface area (Å²) in [6, 6.07) is 8.30. The molecule has 0 aliphatic rings. The third kappa shape index (κ3) is 4.12. The first-order chi connectivity index (χ1) is 12.4. The number of carbonyl (C=O) groups is 1. The minimum absolute atomic E-state index is 0.0128. The molecule has 0 saturated carbocycles. The lowest BCUT2D eigenvalue weighted by Crippen LogP contribution is -2.15. The van der Waals surface area contributed by atoms with Gasteiger partial charge < -0.3 is 10.6 Å². The summed E-state index contributed by atoms with van der Waals surface area (Å²) in [5.74, 6) is -1.85. The highest BCUT2D eigenvalue weighted by atomic mass is 35.5. The van der Waals surface area contributed by atoms with Gasteiger partial charge in [0.15, 0.2) is 0 Å². The van der Waals surface area contributed by atoms with Crippen molar-refractivity contribution in [2.75, 3.05) is 10.6 Å². The first-order valence-electron chi connectivity index (χ1n) is 7.54. The first kappa shape index (κ1) is 17.8. The zero-order chi connectivity index (χ0) is 18.7. The monoisotopic (exact) mass is 374 g/mol. The molecule has 8 heteroatoms. The van der Waals surface area contributed by atoms with E-state index in [2.05, 4.69) is 20.6 Å². The zero-order valence-electron chi connectivity index (χ0n) is 13.6. The number of aromatic nitrogens is 2. The van der Waals surface area contributed by atoms with Crippen LogP contribution in [0.2, 0.25) is 5.02 Å². The van der Waals surface area contributed by atoms with Gasteiger partial charge >= 0.3 is 0 Å². The van der Waals surface area contributed by atoms with Crippen molar-refractivity contribution in [1.82, 2.24) is 9.97 Å². The molecule has 1 amide bonds. The SMILES string of the molecule is Cc1ccc(Nc2cnc(C(=O)Nc3ccc(F)cc3F)cn2)cc1Cl. The van der Waals surface area contributed by atoms with Crippen LogP contribution in [0, 0.1) is 18.6 Å². The van der Waals surface area contributed by atoms with Crippen molar-refractivity contribution >= 4 is 34.7 Å². The van der Waals surface area contributed by atoms with E-state index < -0.39 is 17.5 Å². The molecule has 0 aliphatic carbocycles. The first-order valence-corrected chi connectivity index (χ1v) is 7.92. The highest BCUT2D eigenvalue weighted by molar-refractivity contribution is 6.31. The molecule has 0 spiro atoms. The average molecular weight is 375 g/mol. The van der Waals surface area contributed by atoms with E-state index >= 15 is 0 Å². The molecular formula is C18H13ClF2N4O. The van der Waals surface area contributed by atoms with E-state index in [1.807, 2.05) is 19.1 Å². The van der Waals surface area contributed by atoms with Gasteiger partial charge in [0.1, 0.15) is 23.1 Å². The van der Waals surface area contributed by atoms with Crippen molar-refractivity contribution < 1.29 is 13.6 Å². The summed E-state index contributed by atoms with van der Waals surface area (Å²) in [6.07, 6.45) is 2.61. The number of nitrogens with zero attached hydrogens (tertiary/aromatic N) is 2. The quantitative estimate of drug-likeness (QED) is 0.694. The molecule has 5 nitrogen and oxygen atoms in total. The fraction of sp³-hybridized carbons (Fsp3) is 0.0556. The third-order valence-corrected chi connectivity index (χ3v) is 3.92. The predicted molar refractivity (Wildman–Crippen MR) is 95.8 cm³/mol. The van der Waals surface area contributed by atoms with Crippen LogP contribution in [0.4, 0.5) is 26.0 Å². The van der Waals surface area contributed by atoms with Gasteiger partial charge in [0, 0.05) is 16.8 Å².